The van der Waals surface area contributed by atoms with E-state index in [2.05, 4.69) is 15.3 Å². The molecule has 0 saturated heterocycles. The smallest absolute Gasteiger partial charge is 0.339 e. The van der Waals surface area contributed by atoms with Crippen LogP contribution in [0.4, 0.5) is 5.82 Å². The fraction of sp³-hybridized carbons (Fsp3) is 0.250. The number of aryl methyl sites for hydroxylation is 1. The Labute approximate surface area is 128 Å². The second-order valence-corrected chi connectivity index (χ2v) is 4.75. The van der Waals surface area contributed by atoms with Crippen LogP contribution in [0.2, 0.25) is 0 Å². The number of nitrogens with one attached hydrogen (secondary N) is 1. The number of nitrogens with zero attached hydrogens (tertiary/aromatic N) is 2. The molecular weight excluding hydrogens is 282 g/mol. The summed E-state index contributed by atoms with van der Waals surface area (Å²) in [6, 6.07) is 6.65. The van der Waals surface area contributed by atoms with Crippen LogP contribution in [0, 0.1) is 6.92 Å². The minimum Gasteiger partial charge on any atom is -0.449 e. The highest BCUT2D eigenvalue weighted by molar-refractivity contribution is 5.97. The van der Waals surface area contributed by atoms with E-state index in [0.717, 1.165) is 5.56 Å². The lowest BCUT2D eigenvalue weighted by Crippen LogP contribution is -2.32. The molecule has 0 aliphatic heterocycles. The first-order valence-corrected chi connectivity index (χ1v) is 6.94. The molecule has 0 spiro atoms. The largest absolute Gasteiger partial charge is 0.449 e. The predicted molar refractivity (Wildman–Crippen MR) is 81.3 cm³/mol. The van der Waals surface area contributed by atoms with E-state index >= 15 is 0 Å². The van der Waals surface area contributed by atoms with Gasteiger partial charge >= 0.3 is 5.97 Å². The molecule has 0 bridgehead atoms. The molecule has 0 fully saturated rings. The Bertz CT molecular complexity index is 659. The van der Waals surface area contributed by atoms with Crippen LogP contribution in [-0.2, 0) is 9.53 Å². The van der Waals surface area contributed by atoms with Crippen molar-refractivity contribution in [1.82, 2.24) is 9.97 Å². The number of pyridine rings is 2. The van der Waals surface area contributed by atoms with Gasteiger partial charge in [-0.1, -0.05) is 6.92 Å². The molecule has 1 unspecified atom stereocenters. The number of carbonyl (C=O) groups is 2. The summed E-state index contributed by atoms with van der Waals surface area (Å²) in [7, 11) is 0. The summed E-state index contributed by atoms with van der Waals surface area (Å²) in [6.07, 6.45) is 4.09. The molecule has 0 saturated carbocycles. The van der Waals surface area contributed by atoms with Gasteiger partial charge in [0.2, 0.25) is 0 Å². The summed E-state index contributed by atoms with van der Waals surface area (Å²) in [5.74, 6) is -0.520. The molecular formula is C16H17N3O3. The minimum atomic E-state index is -0.872. The van der Waals surface area contributed by atoms with Gasteiger partial charge in [-0.15, -0.1) is 0 Å². The summed E-state index contributed by atoms with van der Waals surface area (Å²) >= 11 is 0. The van der Waals surface area contributed by atoms with Gasteiger partial charge in [0.1, 0.15) is 5.82 Å². The number of anilines is 1. The van der Waals surface area contributed by atoms with Crippen LogP contribution >= 0.6 is 0 Å². The Morgan fingerprint density at radius 2 is 1.95 bits per heavy atom. The third kappa shape index (κ3) is 4.12. The molecule has 0 aliphatic carbocycles. The van der Waals surface area contributed by atoms with Crippen molar-refractivity contribution in [2.45, 2.75) is 26.4 Å². The highest BCUT2D eigenvalue weighted by Gasteiger charge is 2.22. The molecule has 2 aromatic rings. The maximum atomic E-state index is 12.2. The van der Waals surface area contributed by atoms with Crippen LogP contribution < -0.4 is 5.32 Å². The van der Waals surface area contributed by atoms with Crippen LogP contribution in [0.15, 0.2) is 42.9 Å². The molecule has 2 aromatic heterocycles. The minimum absolute atomic E-state index is 0.356. The third-order valence-electron chi connectivity index (χ3n) is 3.00. The molecule has 0 radical (unpaired) electrons. The van der Waals surface area contributed by atoms with Gasteiger partial charge in [0.15, 0.2) is 6.10 Å². The van der Waals surface area contributed by atoms with Crippen molar-refractivity contribution >= 4 is 17.7 Å². The van der Waals surface area contributed by atoms with E-state index in [1.165, 1.54) is 24.5 Å². The number of amides is 1. The van der Waals surface area contributed by atoms with Gasteiger partial charge < -0.3 is 10.1 Å². The van der Waals surface area contributed by atoms with Gasteiger partial charge in [-0.25, -0.2) is 9.78 Å². The third-order valence-corrected chi connectivity index (χ3v) is 3.00. The van der Waals surface area contributed by atoms with Crippen molar-refractivity contribution in [3.63, 3.8) is 0 Å². The van der Waals surface area contributed by atoms with Crippen molar-refractivity contribution < 1.29 is 14.3 Å². The Morgan fingerprint density at radius 1 is 1.23 bits per heavy atom. The molecule has 1 N–H and O–H groups in total. The molecule has 2 rings (SSSR count). The van der Waals surface area contributed by atoms with Gasteiger partial charge in [-0.3, -0.25) is 9.78 Å². The lowest BCUT2D eigenvalue weighted by atomic mass is 10.2. The lowest BCUT2D eigenvalue weighted by Gasteiger charge is -2.15. The van der Waals surface area contributed by atoms with Crippen LogP contribution in [-0.4, -0.2) is 27.9 Å². The van der Waals surface area contributed by atoms with Crippen LogP contribution in [0.1, 0.15) is 29.3 Å². The SMILES string of the molecule is CCC(OC(=O)c1ccncc1)C(=O)Nc1cc(C)ccn1. The van der Waals surface area contributed by atoms with Gasteiger partial charge in [-0.2, -0.15) is 0 Å². The zero-order chi connectivity index (χ0) is 15.9. The number of rotatable bonds is 5. The van der Waals surface area contributed by atoms with Gasteiger partial charge in [0.05, 0.1) is 5.56 Å². The van der Waals surface area contributed by atoms with E-state index in [-0.39, 0.29) is 0 Å². The summed E-state index contributed by atoms with van der Waals surface area (Å²) in [5, 5.41) is 2.65. The number of aromatic nitrogens is 2. The standard InChI is InChI=1S/C16H17N3O3/c1-3-13(22-16(21)12-5-7-17-8-6-12)15(20)19-14-10-11(2)4-9-18-14/h4-10,13H,3H2,1-2H3,(H,18,19,20). The molecule has 22 heavy (non-hydrogen) atoms. The van der Waals surface area contributed by atoms with E-state index < -0.39 is 18.0 Å². The van der Waals surface area contributed by atoms with Gasteiger partial charge in [-0.05, 0) is 43.2 Å². The summed E-state index contributed by atoms with van der Waals surface area (Å²) in [4.78, 5) is 32.0. The van der Waals surface area contributed by atoms with E-state index in [1.54, 1.807) is 19.2 Å². The highest BCUT2D eigenvalue weighted by atomic mass is 16.5. The normalized spacial score (nSPS) is 11.5. The van der Waals surface area contributed by atoms with Crippen LogP contribution in [0.5, 0.6) is 0 Å². The second-order valence-electron chi connectivity index (χ2n) is 4.75. The van der Waals surface area contributed by atoms with E-state index in [4.69, 9.17) is 4.74 Å². The van der Waals surface area contributed by atoms with Crippen molar-refractivity contribution in [3.8, 4) is 0 Å². The van der Waals surface area contributed by atoms with E-state index in [0.29, 0.717) is 17.8 Å². The Kier molecular flexibility index (Phi) is 5.19. The average molecular weight is 299 g/mol. The molecule has 1 amide bonds. The van der Waals surface area contributed by atoms with E-state index in [9.17, 15) is 9.59 Å². The van der Waals surface area contributed by atoms with Crippen molar-refractivity contribution in [1.29, 1.82) is 0 Å². The number of hydrogen-bond acceptors (Lipinski definition) is 5. The zero-order valence-electron chi connectivity index (χ0n) is 12.4. The summed E-state index contributed by atoms with van der Waals surface area (Å²) in [5.41, 5.74) is 1.34. The predicted octanol–water partition coefficient (Wildman–Crippen LogP) is 2.36. The van der Waals surface area contributed by atoms with Crippen molar-refractivity contribution in [3.05, 3.63) is 54.0 Å². The van der Waals surface area contributed by atoms with Crippen molar-refractivity contribution in [2.24, 2.45) is 0 Å². The molecule has 6 nitrogen and oxygen atoms in total. The Hall–Kier alpha value is -2.76. The molecule has 1 atom stereocenters. The first kappa shape index (κ1) is 15.6. The first-order chi connectivity index (χ1) is 10.6. The Morgan fingerprint density at radius 3 is 2.59 bits per heavy atom. The molecule has 0 aliphatic rings. The van der Waals surface area contributed by atoms with Crippen molar-refractivity contribution in [2.75, 3.05) is 5.32 Å². The topological polar surface area (TPSA) is 81.2 Å². The number of carbonyl (C=O) groups excluding carboxylic acids is 2. The molecule has 0 aromatic carbocycles. The first-order valence-electron chi connectivity index (χ1n) is 6.94. The van der Waals surface area contributed by atoms with Gasteiger partial charge in [0.25, 0.3) is 5.91 Å². The number of hydrogen-bond donors (Lipinski definition) is 1. The fourth-order valence-corrected chi connectivity index (χ4v) is 1.82. The number of ether oxygens (including phenoxy) is 1. The monoisotopic (exact) mass is 299 g/mol. The second kappa shape index (κ2) is 7.31. The maximum absolute atomic E-state index is 12.2. The fourth-order valence-electron chi connectivity index (χ4n) is 1.82. The maximum Gasteiger partial charge on any atom is 0.339 e. The molecule has 6 heteroatoms. The van der Waals surface area contributed by atoms with Gasteiger partial charge in [0, 0.05) is 18.6 Å². The highest BCUT2D eigenvalue weighted by Crippen LogP contribution is 2.10. The number of esters is 1. The van der Waals surface area contributed by atoms with Crippen LogP contribution in [0.3, 0.4) is 0 Å². The lowest BCUT2D eigenvalue weighted by molar-refractivity contribution is -0.124. The average Bonchev–Trinajstić information content (AvgIpc) is 2.53. The summed E-state index contributed by atoms with van der Waals surface area (Å²) in [6.45, 7) is 3.67. The van der Waals surface area contributed by atoms with E-state index in [1.807, 2.05) is 13.0 Å². The molecule has 2 heterocycles. The quantitative estimate of drug-likeness (QED) is 0.857. The Balaban J connectivity index is 2.02. The zero-order valence-corrected chi connectivity index (χ0v) is 12.4. The van der Waals surface area contributed by atoms with Crippen LogP contribution in [0.25, 0.3) is 0 Å². The molecule has 114 valence electrons. The summed E-state index contributed by atoms with van der Waals surface area (Å²) < 4.78 is 5.24.